The van der Waals surface area contributed by atoms with E-state index in [1.54, 1.807) is 0 Å². The summed E-state index contributed by atoms with van der Waals surface area (Å²) in [5.74, 6) is -0.364. The molecule has 0 radical (unpaired) electrons. The fourth-order valence-corrected chi connectivity index (χ4v) is 0.502. The molecule has 1 amide bonds. The number of carbonyl (C=O) groups is 1. The van der Waals surface area contributed by atoms with Crippen molar-refractivity contribution in [1.82, 2.24) is 5.48 Å². The average Bonchev–Trinajstić information content (AvgIpc) is 1.68. The van der Waals surface area contributed by atoms with Gasteiger partial charge in [0.05, 0.1) is 0 Å². The van der Waals surface area contributed by atoms with E-state index in [9.17, 15) is 4.79 Å². The zero-order valence-electron chi connectivity index (χ0n) is 3.65. The molecule has 0 unspecified atom stereocenters. The van der Waals surface area contributed by atoms with E-state index in [4.69, 9.17) is 5.21 Å². The number of amides is 1. The Balaban J connectivity index is 3.00. The third-order valence-corrected chi connectivity index (χ3v) is 0.843. The minimum Gasteiger partial charge on any atom is -0.289 e. The van der Waals surface area contributed by atoms with Crippen molar-refractivity contribution in [2.24, 2.45) is 0 Å². The molecule has 2 N–H and O–H groups in total. The molecule has 4 heteroatoms. The Bertz CT molecular complexity index is 66.0. The lowest BCUT2D eigenvalue weighted by Gasteiger charge is -1.89. The van der Waals surface area contributed by atoms with Crippen LogP contribution in [-0.2, 0) is 4.79 Å². The van der Waals surface area contributed by atoms with Gasteiger partial charge < -0.3 is 0 Å². The van der Waals surface area contributed by atoms with E-state index in [0.29, 0.717) is 11.8 Å². The predicted molar refractivity (Wildman–Crippen MR) is 28.3 cm³/mol. The number of hydroxylamine groups is 1. The molecular weight excluding hydrogens is 162 g/mol. The van der Waals surface area contributed by atoms with E-state index < -0.39 is 0 Å². The first-order valence-corrected chi connectivity index (χ1v) is 2.92. The number of rotatable bonds is 2. The Morgan fingerprint density at radius 2 is 2.43 bits per heavy atom. The topological polar surface area (TPSA) is 49.3 Å². The normalized spacial score (nSPS) is 8.29. The molecule has 0 aliphatic carbocycles. The fourth-order valence-electron chi connectivity index (χ4n) is 0.142. The summed E-state index contributed by atoms with van der Waals surface area (Å²) < 4.78 is 0. The lowest BCUT2D eigenvalue weighted by Crippen LogP contribution is -2.18. The Labute approximate surface area is 49.8 Å². The number of alkyl halides is 1. The molecule has 3 nitrogen and oxygen atoms in total. The molecule has 0 aromatic heterocycles. The predicted octanol–water partition coefficient (Wildman–Crippen LogP) is 0.277. The van der Waals surface area contributed by atoms with Crippen molar-refractivity contribution in [3.05, 3.63) is 0 Å². The zero-order chi connectivity index (χ0) is 5.70. The Hall–Kier alpha value is -0.0900. The highest BCUT2D eigenvalue weighted by Crippen LogP contribution is 1.84. The maximum atomic E-state index is 10.0. The molecule has 0 saturated carbocycles. The number of hydrogen-bond acceptors (Lipinski definition) is 2. The number of nitrogens with one attached hydrogen (secondary N) is 1. The van der Waals surface area contributed by atoms with E-state index in [1.165, 1.54) is 5.48 Å². The third kappa shape index (κ3) is 3.75. The fraction of sp³-hybridized carbons (Fsp3) is 0.667. The molecule has 0 aliphatic heterocycles. The van der Waals surface area contributed by atoms with Gasteiger partial charge in [0.1, 0.15) is 0 Å². The van der Waals surface area contributed by atoms with Crippen molar-refractivity contribution in [2.45, 2.75) is 6.42 Å². The highest BCUT2D eigenvalue weighted by atomic mass is 79.9. The van der Waals surface area contributed by atoms with Crippen LogP contribution in [0.3, 0.4) is 0 Å². The van der Waals surface area contributed by atoms with Crippen molar-refractivity contribution in [2.75, 3.05) is 5.33 Å². The monoisotopic (exact) mass is 167 g/mol. The van der Waals surface area contributed by atoms with Gasteiger partial charge in [0, 0.05) is 11.8 Å². The first-order chi connectivity index (χ1) is 3.31. The Morgan fingerprint density at radius 1 is 1.86 bits per heavy atom. The van der Waals surface area contributed by atoms with Gasteiger partial charge in [0.2, 0.25) is 5.91 Å². The Morgan fingerprint density at radius 3 is 2.57 bits per heavy atom. The first kappa shape index (κ1) is 6.91. The second-order valence-electron chi connectivity index (χ2n) is 0.974. The summed E-state index contributed by atoms with van der Waals surface area (Å²) in [6, 6.07) is 0. The summed E-state index contributed by atoms with van der Waals surface area (Å²) in [5, 5.41) is 8.43. The van der Waals surface area contributed by atoms with Crippen molar-refractivity contribution in [3.8, 4) is 0 Å². The molecule has 0 spiro atoms. The summed E-state index contributed by atoms with van der Waals surface area (Å²) >= 11 is 3.02. The van der Waals surface area contributed by atoms with Crippen LogP contribution < -0.4 is 5.48 Å². The van der Waals surface area contributed by atoms with E-state index in [2.05, 4.69) is 15.9 Å². The van der Waals surface area contributed by atoms with Gasteiger partial charge in [-0.3, -0.25) is 10.0 Å². The minimum absolute atomic E-state index is 0.316. The van der Waals surface area contributed by atoms with Crippen LogP contribution in [0.25, 0.3) is 0 Å². The standard InChI is InChI=1S/C3H6BrNO2/c4-2-1-3(6)5-7/h7H,1-2H2,(H,5,6). The van der Waals surface area contributed by atoms with Crippen LogP contribution >= 0.6 is 15.9 Å². The lowest BCUT2D eigenvalue weighted by molar-refractivity contribution is -0.128. The molecule has 0 bridgehead atoms. The van der Waals surface area contributed by atoms with Gasteiger partial charge in [-0.2, -0.15) is 0 Å². The van der Waals surface area contributed by atoms with Gasteiger partial charge in [-0.15, -0.1) is 0 Å². The molecule has 0 aromatic rings. The first-order valence-electron chi connectivity index (χ1n) is 1.80. The Kier molecular flexibility index (Phi) is 4.03. The van der Waals surface area contributed by atoms with Crippen LogP contribution in [0.1, 0.15) is 6.42 Å². The molecule has 0 atom stereocenters. The molecule has 0 heterocycles. The highest BCUT2D eigenvalue weighted by molar-refractivity contribution is 9.09. The minimum atomic E-state index is -0.364. The summed E-state index contributed by atoms with van der Waals surface area (Å²) in [6.45, 7) is 0. The van der Waals surface area contributed by atoms with E-state index in [1.807, 2.05) is 0 Å². The summed E-state index contributed by atoms with van der Waals surface area (Å²) in [6.07, 6.45) is 0.316. The quantitative estimate of drug-likeness (QED) is 0.353. The molecule has 0 rings (SSSR count). The van der Waals surface area contributed by atoms with Crippen LogP contribution in [0.4, 0.5) is 0 Å². The highest BCUT2D eigenvalue weighted by Gasteiger charge is 1.92. The maximum Gasteiger partial charge on any atom is 0.244 e. The van der Waals surface area contributed by atoms with Crippen LogP contribution in [0.15, 0.2) is 0 Å². The largest absolute Gasteiger partial charge is 0.289 e. The number of carbonyl (C=O) groups excluding carboxylic acids is 1. The third-order valence-electron chi connectivity index (χ3n) is 0.446. The smallest absolute Gasteiger partial charge is 0.244 e. The molecule has 7 heavy (non-hydrogen) atoms. The lowest BCUT2D eigenvalue weighted by atomic mass is 10.5. The van der Waals surface area contributed by atoms with Crippen molar-refractivity contribution in [3.63, 3.8) is 0 Å². The van der Waals surface area contributed by atoms with Gasteiger partial charge in [0.25, 0.3) is 0 Å². The zero-order valence-corrected chi connectivity index (χ0v) is 5.23. The van der Waals surface area contributed by atoms with Crippen molar-refractivity contribution >= 4 is 21.8 Å². The molecular formula is C3H6BrNO2. The molecule has 42 valence electrons. The van der Waals surface area contributed by atoms with E-state index in [-0.39, 0.29) is 5.91 Å². The van der Waals surface area contributed by atoms with Crippen LogP contribution in [-0.4, -0.2) is 16.4 Å². The number of halogens is 1. The second kappa shape index (κ2) is 4.08. The average molecular weight is 168 g/mol. The SMILES string of the molecule is O=C(CCBr)NO. The van der Waals surface area contributed by atoms with Gasteiger partial charge in [-0.05, 0) is 0 Å². The second-order valence-corrected chi connectivity index (χ2v) is 1.77. The van der Waals surface area contributed by atoms with Crippen molar-refractivity contribution < 1.29 is 10.0 Å². The van der Waals surface area contributed by atoms with Gasteiger partial charge in [-0.1, -0.05) is 15.9 Å². The summed E-state index contributed by atoms with van der Waals surface area (Å²) in [5.41, 5.74) is 1.50. The van der Waals surface area contributed by atoms with Gasteiger partial charge >= 0.3 is 0 Å². The van der Waals surface area contributed by atoms with Crippen LogP contribution in [0.2, 0.25) is 0 Å². The molecule has 0 aliphatic rings. The van der Waals surface area contributed by atoms with E-state index >= 15 is 0 Å². The van der Waals surface area contributed by atoms with E-state index in [0.717, 1.165) is 0 Å². The molecule has 0 saturated heterocycles. The summed E-state index contributed by atoms with van der Waals surface area (Å²) in [4.78, 5) is 10.0. The van der Waals surface area contributed by atoms with Crippen LogP contribution in [0.5, 0.6) is 0 Å². The number of hydrogen-bond donors (Lipinski definition) is 2. The summed E-state index contributed by atoms with van der Waals surface area (Å²) in [7, 11) is 0. The van der Waals surface area contributed by atoms with Crippen LogP contribution in [0, 0.1) is 0 Å². The maximum absolute atomic E-state index is 10.0. The molecule has 0 aromatic carbocycles. The van der Waals surface area contributed by atoms with Gasteiger partial charge in [-0.25, -0.2) is 5.48 Å². The van der Waals surface area contributed by atoms with Crippen molar-refractivity contribution in [1.29, 1.82) is 0 Å². The van der Waals surface area contributed by atoms with Gasteiger partial charge in [0.15, 0.2) is 0 Å². The molecule has 0 fully saturated rings.